The van der Waals surface area contributed by atoms with E-state index in [0.29, 0.717) is 18.8 Å². The molecular weight excluding hydrogens is 386 g/mol. The van der Waals surface area contributed by atoms with Crippen molar-refractivity contribution in [3.8, 4) is 11.3 Å². The first-order chi connectivity index (χ1) is 14.5. The van der Waals surface area contributed by atoms with Gasteiger partial charge >= 0.3 is 5.97 Å². The predicted molar refractivity (Wildman–Crippen MR) is 109 cm³/mol. The van der Waals surface area contributed by atoms with Gasteiger partial charge in [0.25, 0.3) is 0 Å². The van der Waals surface area contributed by atoms with E-state index in [1.165, 1.54) is 0 Å². The van der Waals surface area contributed by atoms with Crippen molar-refractivity contribution in [3.63, 3.8) is 0 Å². The number of hydrogen-bond donors (Lipinski definition) is 1. The number of aromatic nitrogens is 3. The van der Waals surface area contributed by atoms with Crippen LogP contribution in [-0.4, -0.2) is 63.2 Å². The second-order valence-corrected chi connectivity index (χ2v) is 8.07. The number of carbonyl (C=O) groups excluding carboxylic acids is 1. The van der Waals surface area contributed by atoms with Crippen molar-refractivity contribution in [1.29, 1.82) is 0 Å². The van der Waals surface area contributed by atoms with Crippen molar-refractivity contribution >= 4 is 17.8 Å². The van der Waals surface area contributed by atoms with Crippen LogP contribution in [0.3, 0.4) is 0 Å². The summed E-state index contributed by atoms with van der Waals surface area (Å²) in [5, 5.41) is 12.9. The smallest absolute Gasteiger partial charge is 0.303 e. The minimum Gasteiger partial charge on any atom is -0.481 e. The van der Waals surface area contributed by atoms with Crippen molar-refractivity contribution in [3.05, 3.63) is 23.7 Å². The summed E-state index contributed by atoms with van der Waals surface area (Å²) >= 11 is 0. The minimum atomic E-state index is -0.953. The van der Waals surface area contributed by atoms with E-state index in [4.69, 9.17) is 14.6 Å². The lowest BCUT2D eigenvalue weighted by molar-refractivity contribution is -0.141. The Labute approximate surface area is 175 Å². The van der Waals surface area contributed by atoms with Gasteiger partial charge in [0.2, 0.25) is 11.9 Å². The van der Waals surface area contributed by atoms with Gasteiger partial charge in [0.05, 0.1) is 23.4 Å². The molecule has 0 aromatic carbocycles. The van der Waals surface area contributed by atoms with Crippen molar-refractivity contribution < 1.29 is 19.2 Å². The zero-order valence-electron chi connectivity index (χ0n) is 17.2. The predicted octanol–water partition coefficient (Wildman–Crippen LogP) is 2.61. The van der Waals surface area contributed by atoms with Gasteiger partial charge < -0.3 is 19.4 Å². The lowest BCUT2D eigenvalue weighted by Crippen LogP contribution is -2.39. The molecule has 1 atom stereocenters. The first-order valence-electron chi connectivity index (χ1n) is 10.6. The van der Waals surface area contributed by atoms with Crippen LogP contribution in [0.2, 0.25) is 0 Å². The molecule has 0 radical (unpaired) electrons. The van der Waals surface area contributed by atoms with Gasteiger partial charge in [-0.1, -0.05) is 5.16 Å². The zero-order valence-corrected chi connectivity index (χ0v) is 17.2. The van der Waals surface area contributed by atoms with E-state index in [-0.39, 0.29) is 24.7 Å². The Hall–Kier alpha value is -2.97. The third-order valence-corrected chi connectivity index (χ3v) is 5.80. The zero-order chi connectivity index (χ0) is 21.1. The Bertz CT molecular complexity index is 922. The minimum absolute atomic E-state index is 0.0268. The van der Waals surface area contributed by atoms with Crippen LogP contribution in [0.1, 0.15) is 55.8 Å². The first kappa shape index (κ1) is 20.3. The Kier molecular flexibility index (Phi) is 5.96. The van der Waals surface area contributed by atoms with Crippen molar-refractivity contribution in [2.75, 3.05) is 31.1 Å². The largest absolute Gasteiger partial charge is 0.481 e. The van der Waals surface area contributed by atoms with Crippen LogP contribution in [0.5, 0.6) is 0 Å². The number of rotatable bonds is 6. The monoisotopic (exact) mass is 413 g/mol. The molecule has 2 saturated heterocycles. The normalized spacial score (nSPS) is 19.3. The van der Waals surface area contributed by atoms with Crippen molar-refractivity contribution in [2.24, 2.45) is 0 Å². The second-order valence-electron chi connectivity index (χ2n) is 8.07. The molecule has 4 heterocycles. The van der Waals surface area contributed by atoms with E-state index >= 15 is 0 Å². The van der Waals surface area contributed by atoms with E-state index in [0.717, 1.165) is 61.7 Å². The number of piperidine rings is 1. The fourth-order valence-electron chi connectivity index (χ4n) is 4.25. The van der Waals surface area contributed by atoms with Crippen LogP contribution in [0.15, 0.2) is 16.8 Å². The summed E-state index contributed by atoms with van der Waals surface area (Å²) < 4.78 is 5.50. The topological polar surface area (TPSA) is 113 Å². The first-order valence-corrected chi connectivity index (χ1v) is 10.6. The molecule has 4 rings (SSSR count). The number of nitrogens with zero attached hydrogens (tertiary/aromatic N) is 5. The molecule has 0 spiro atoms. The van der Waals surface area contributed by atoms with E-state index in [1.807, 2.05) is 13.0 Å². The SMILES string of the molecule is Cc1cc(-c2cnc(N3CCCC3)nc2C2CCCN(C(=O)CCC(=O)O)C2)on1. The van der Waals surface area contributed by atoms with Crippen molar-refractivity contribution in [2.45, 2.75) is 51.4 Å². The lowest BCUT2D eigenvalue weighted by atomic mass is 9.91. The molecule has 2 aliphatic heterocycles. The maximum atomic E-state index is 12.5. The van der Waals surface area contributed by atoms with Crippen LogP contribution in [0.25, 0.3) is 11.3 Å². The highest BCUT2D eigenvalue weighted by Gasteiger charge is 2.30. The van der Waals surface area contributed by atoms with E-state index < -0.39 is 5.97 Å². The number of aryl methyl sites for hydroxylation is 1. The third kappa shape index (κ3) is 4.44. The molecule has 9 heteroatoms. The molecule has 30 heavy (non-hydrogen) atoms. The van der Waals surface area contributed by atoms with E-state index in [1.54, 1.807) is 11.1 Å². The molecule has 0 saturated carbocycles. The van der Waals surface area contributed by atoms with Crippen LogP contribution < -0.4 is 4.90 Å². The summed E-state index contributed by atoms with van der Waals surface area (Å²) in [7, 11) is 0. The highest BCUT2D eigenvalue weighted by Crippen LogP contribution is 2.35. The fourth-order valence-corrected chi connectivity index (χ4v) is 4.25. The molecule has 2 fully saturated rings. The molecule has 0 bridgehead atoms. The number of carboxylic acids is 1. The molecule has 1 amide bonds. The van der Waals surface area contributed by atoms with Gasteiger partial charge in [-0.2, -0.15) is 0 Å². The average molecular weight is 413 g/mol. The number of likely N-dealkylation sites (tertiary alicyclic amines) is 1. The molecule has 160 valence electrons. The molecule has 2 aromatic heterocycles. The summed E-state index contributed by atoms with van der Waals surface area (Å²) in [6.45, 7) is 4.94. The second kappa shape index (κ2) is 8.81. The average Bonchev–Trinajstić information content (AvgIpc) is 3.43. The molecule has 2 aliphatic rings. The lowest BCUT2D eigenvalue weighted by Gasteiger charge is -2.33. The van der Waals surface area contributed by atoms with Gasteiger partial charge in [-0.15, -0.1) is 0 Å². The molecule has 1 N–H and O–H groups in total. The van der Waals surface area contributed by atoms with E-state index in [2.05, 4.69) is 15.0 Å². The molecule has 0 aliphatic carbocycles. The van der Waals surface area contributed by atoms with E-state index in [9.17, 15) is 9.59 Å². The maximum absolute atomic E-state index is 12.5. The Morgan fingerprint density at radius 3 is 2.70 bits per heavy atom. The van der Waals surface area contributed by atoms with Gasteiger partial charge in [0.1, 0.15) is 0 Å². The summed E-state index contributed by atoms with van der Waals surface area (Å²) in [4.78, 5) is 36.8. The Morgan fingerprint density at radius 1 is 1.20 bits per heavy atom. The number of carboxylic acid groups (broad SMARTS) is 1. The Morgan fingerprint density at radius 2 is 2.00 bits per heavy atom. The summed E-state index contributed by atoms with van der Waals surface area (Å²) in [5.74, 6) is 0.317. The van der Waals surface area contributed by atoms with Gasteiger partial charge in [-0.05, 0) is 32.6 Å². The summed E-state index contributed by atoms with van der Waals surface area (Å²) in [6, 6.07) is 1.87. The summed E-state index contributed by atoms with van der Waals surface area (Å²) in [6.07, 6.45) is 5.71. The number of anilines is 1. The highest BCUT2D eigenvalue weighted by atomic mass is 16.5. The summed E-state index contributed by atoms with van der Waals surface area (Å²) in [5.41, 5.74) is 2.47. The molecule has 1 unspecified atom stereocenters. The number of aliphatic carboxylic acids is 1. The number of amides is 1. The highest BCUT2D eigenvalue weighted by molar-refractivity contribution is 5.81. The molecular formula is C21H27N5O4. The molecule has 9 nitrogen and oxygen atoms in total. The van der Waals surface area contributed by atoms with Gasteiger partial charge in [0, 0.05) is 50.8 Å². The van der Waals surface area contributed by atoms with Crippen molar-refractivity contribution in [1.82, 2.24) is 20.0 Å². The molecule has 2 aromatic rings. The van der Waals surface area contributed by atoms with Crippen LogP contribution in [0, 0.1) is 6.92 Å². The standard InChI is InChI=1S/C21H27N5O4/c1-14-11-17(30-24-14)16-12-22-21(25-8-2-3-9-25)23-20(16)15-5-4-10-26(13-15)18(27)6-7-19(28)29/h11-12,15H,2-10,13H2,1H3,(H,28,29). The fraction of sp³-hybridized carbons (Fsp3) is 0.571. The number of carbonyl (C=O) groups is 2. The third-order valence-electron chi connectivity index (χ3n) is 5.80. The van der Waals surface area contributed by atoms with Gasteiger partial charge in [0.15, 0.2) is 5.76 Å². The maximum Gasteiger partial charge on any atom is 0.303 e. The van der Waals surface area contributed by atoms with Crippen LogP contribution >= 0.6 is 0 Å². The Balaban J connectivity index is 1.62. The van der Waals surface area contributed by atoms with Gasteiger partial charge in [-0.25, -0.2) is 9.97 Å². The quantitative estimate of drug-likeness (QED) is 0.769. The number of hydrogen-bond acceptors (Lipinski definition) is 7. The van der Waals surface area contributed by atoms with Crippen LogP contribution in [0.4, 0.5) is 5.95 Å². The van der Waals surface area contributed by atoms with Gasteiger partial charge in [-0.3, -0.25) is 9.59 Å². The van der Waals surface area contributed by atoms with Crippen LogP contribution in [-0.2, 0) is 9.59 Å².